The number of hydrogen-bond acceptors (Lipinski definition) is 4. The molecule has 6 heteroatoms. The number of methoxy groups -OCH3 is 1. The molecule has 0 saturated heterocycles. The highest BCUT2D eigenvalue weighted by atomic mass is 16.5. The summed E-state index contributed by atoms with van der Waals surface area (Å²) >= 11 is 0. The summed E-state index contributed by atoms with van der Waals surface area (Å²) in [4.78, 5) is 7.89. The monoisotopic (exact) mass is 294 g/mol. The fraction of sp³-hybridized carbons (Fsp3) is 0.125. The Hall–Kier alpha value is -3.02. The number of hydrogen-bond donors (Lipinski definition) is 3. The topological polar surface area (TPSA) is 79.3 Å². The number of aromatic nitrogens is 2. The molecule has 3 aromatic rings. The number of nitrogens with two attached hydrogens (primary N) is 1. The molecule has 0 bridgehead atoms. The number of nitrogens with zero attached hydrogens (tertiary/aromatic N) is 2. The summed E-state index contributed by atoms with van der Waals surface area (Å²) in [5.74, 6) is 2.04. The first-order valence-electron chi connectivity index (χ1n) is 7.03. The zero-order chi connectivity index (χ0) is 15.1. The third kappa shape index (κ3) is 1.88. The summed E-state index contributed by atoms with van der Waals surface area (Å²) in [5, 5.41) is 3.08. The Labute approximate surface area is 127 Å². The minimum absolute atomic E-state index is 0.210. The first-order valence-corrected chi connectivity index (χ1v) is 7.03. The number of fused-ring (bicyclic) bond motifs is 3. The van der Waals surface area contributed by atoms with E-state index in [1.54, 1.807) is 7.11 Å². The van der Waals surface area contributed by atoms with Gasteiger partial charge in [-0.3, -0.25) is 0 Å². The third-order valence-corrected chi connectivity index (χ3v) is 3.82. The lowest BCUT2D eigenvalue weighted by atomic mass is 10.1. The van der Waals surface area contributed by atoms with E-state index in [1.807, 2.05) is 42.5 Å². The predicted octanol–water partition coefficient (Wildman–Crippen LogP) is 1.75. The van der Waals surface area contributed by atoms with Gasteiger partial charge in [0.1, 0.15) is 16.8 Å². The molecule has 0 amide bonds. The van der Waals surface area contributed by atoms with Crippen LogP contribution in [0.2, 0.25) is 0 Å². The van der Waals surface area contributed by atoms with Crippen molar-refractivity contribution >= 4 is 22.9 Å². The van der Waals surface area contributed by atoms with E-state index in [2.05, 4.69) is 25.9 Å². The van der Waals surface area contributed by atoms with Crippen LogP contribution in [0.1, 0.15) is 11.7 Å². The third-order valence-electron chi connectivity index (χ3n) is 3.82. The van der Waals surface area contributed by atoms with Crippen molar-refractivity contribution in [2.45, 2.75) is 6.17 Å². The highest BCUT2D eigenvalue weighted by molar-refractivity contribution is 5.92. The predicted molar refractivity (Wildman–Crippen MR) is 84.9 cm³/mol. The number of benzene rings is 2. The van der Waals surface area contributed by atoms with Gasteiger partial charge in [0, 0.05) is 5.56 Å². The first kappa shape index (κ1) is 12.7. The van der Waals surface area contributed by atoms with Gasteiger partial charge in [0.05, 0.1) is 7.11 Å². The van der Waals surface area contributed by atoms with Crippen LogP contribution in [-0.4, -0.2) is 18.1 Å². The second-order valence-corrected chi connectivity index (χ2v) is 5.15. The van der Waals surface area contributed by atoms with Gasteiger partial charge in [-0.1, -0.05) is 12.1 Å². The van der Waals surface area contributed by atoms with Crippen molar-refractivity contribution < 1.29 is 9.30 Å². The number of aromatic amines is 1. The molecule has 6 nitrogen and oxygen atoms in total. The van der Waals surface area contributed by atoms with Crippen LogP contribution >= 0.6 is 0 Å². The molecule has 0 unspecified atom stereocenters. The van der Waals surface area contributed by atoms with E-state index in [-0.39, 0.29) is 6.17 Å². The number of rotatable bonds is 2. The van der Waals surface area contributed by atoms with Crippen LogP contribution < -0.4 is 20.4 Å². The van der Waals surface area contributed by atoms with Gasteiger partial charge in [-0.2, -0.15) is 4.99 Å². The Morgan fingerprint density at radius 3 is 2.68 bits per heavy atom. The van der Waals surface area contributed by atoms with Crippen molar-refractivity contribution in [1.29, 1.82) is 0 Å². The molecule has 1 aliphatic heterocycles. The Morgan fingerprint density at radius 1 is 1.14 bits per heavy atom. The summed E-state index contributed by atoms with van der Waals surface area (Å²) in [6, 6.07) is 16.0. The number of aliphatic imine (C=N–C) groups is 1. The quantitative estimate of drug-likeness (QED) is 0.630. The van der Waals surface area contributed by atoms with Gasteiger partial charge in [0.25, 0.3) is 5.96 Å². The van der Waals surface area contributed by atoms with Crippen LogP contribution in [0.3, 0.4) is 0 Å². The Morgan fingerprint density at radius 2 is 1.91 bits per heavy atom. The number of anilines is 1. The lowest BCUT2D eigenvalue weighted by molar-refractivity contribution is -0.674. The molecule has 0 saturated carbocycles. The molecule has 110 valence electrons. The van der Waals surface area contributed by atoms with Gasteiger partial charge in [0.2, 0.25) is 6.17 Å². The molecule has 2 heterocycles. The Balaban J connectivity index is 1.89. The molecule has 0 radical (unpaired) electrons. The summed E-state index contributed by atoms with van der Waals surface area (Å²) in [5.41, 5.74) is 9.09. The molecule has 0 spiro atoms. The van der Waals surface area contributed by atoms with Gasteiger partial charge in [-0.15, -0.1) is 0 Å². The number of guanidine groups is 1. The molecule has 4 N–H and O–H groups in total. The van der Waals surface area contributed by atoms with E-state index in [4.69, 9.17) is 10.5 Å². The molecular weight excluding hydrogens is 278 g/mol. The molecule has 1 aromatic heterocycles. The van der Waals surface area contributed by atoms with Gasteiger partial charge in [-0.05, 0) is 36.4 Å². The van der Waals surface area contributed by atoms with E-state index in [9.17, 15) is 0 Å². The summed E-state index contributed by atoms with van der Waals surface area (Å²) in [6.45, 7) is 0. The van der Waals surface area contributed by atoms with Crippen molar-refractivity contribution in [3.63, 3.8) is 0 Å². The molecule has 1 atom stereocenters. The maximum Gasteiger partial charge on any atom is 0.365 e. The average molecular weight is 294 g/mol. The summed E-state index contributed by atoms with van der Waals surface area (Å²) in [7, 11) is 1.65. The zero-order valence-corrected chi connectivity index (χ0v) is 12.1. The smallest absolute Gasteiger partial charge is 0.365 e. The van der Waals surface area contributed by atoms with Crippen LogP contribution in [-0.2, 0) is 0 Å². The van der Waals surface area contributed by atoms with Crippen LogP contribution in [0.4, 0.5) is 5.95 Å². The second kappa shape index (κ2) is 4.77. The molecule has 22 heavy (non-hydrogen) atoms. The van der Waals surface area contributed by atoms with E-state index in [0.717, 1.165) is 28.3 Å². The maximum absolute atomic E-state index is 5.94. The van der Waals surface area contributed by atoms with Crippen LogP contribution in [0.15, 0.2) is 53.5 Å². The van der Waals surface area contributed by atoms with Crippen molar-refractivity contribution in [1.82, 2.24) is 4.98 Å². The molecule has 0 fully saturated rings. The number of para-hydroxylation sites is 2. The largest absolute Gasteiger partial charge is 0.497 e. The second-order valence-electron chi connectivity index (χ2n) is 5.15. The SMILES string of the molecule is COc1ccc([C@@H]2N=C(N)Nc3[nH]c4ccccc4[n+]32)cc1. The normalized spacial score (nSPS) is 16.8. The number of H-pyrrole nitrogens is 1. The lowest BCUT2D eigenvalue weighted by Gasteiger charge is -2.18. The molecule has 1 aliphatic rings. The minimum atomic E-state index is -0.210. The lowest BCUT2D eigenvalue weighted by Crippen LogP contribution is -2.48. The average Bonchev–Trinajstić information content (AvgIpc) is 2.92. The fourth-order valence-corrected chi connectivity index (χ4v) is 2.79. The maximum atomic E-state index is 5.94. The molecular formula is C16H16N5O+. The van der Waals surface area contributed by atoms with E-state index < -0.39 is 0 Å². The van der Waals surface area contributed by atoms with Gasteiger partial charge in [0.15, 0.2) is 0 Å². The minimum Gasteiger partial charge on any atom is -0.497 e. The van der Waals surface area contributed by atoms with Crippen molar-refractivity contribution in [2.75, 3.05) is 12.4 Å². The van der Waals surface area contributed by atoms with E-state index in [0.29, 0.717) is 5.96 Å². The number of nitrogens with one attached hydrogen (secondary N) is 2. The molecule has 2 aromatic carbocycles. The van der Waals surface area contributed by atoms with E-state index in [1.165, 1.54) is 0 Å². The summed E-state index contributed by atoms with van der Waals surface area (Å²) < 4.78 is 7.32. The van der Waals surface area contributed by atoms with Gasteiger partial charge >= 0.3 is 5.95 Å². The fourth-order valence-electron chi connectivity index (χ4n) is 2.79. The standard InChI is InChI=1S/C16H15N5O/c1-22-11-8-6-10(7-9-11)14-19-15(17)20-16-18-12-4-2-3-5-13(12)21(14)16/h2-9,14H,1H3,(H3,17,18,19,20)/p+1/t14-/m1/s1. The van der Waals surface area contributed by atoms with E-state index >= 15 is 0 Å². The van der Waals surface area contributed by atoms with Crippen molar-refractivity contribution in [2.24, 2.45) is 10.7 Å². The Kier molecular flexibility index (Phi) is 2.75. The van der Waals surface area contributed by atoms with Crippen molar-refractivity contribution in [3.8, 4) is 5.75 Å². The van der Waals surface area contributed by atoms with Gasteiger partial charge < -0.3 is 10.5 Å². The van der Waals surface area contributed by atoms with Crippen LogP contribution in [0.25, 0.3) is 11.0 Å². The summed E-state index contributed by atoms with van der Waals surface area (Å²) in [6.07, 6.45) is -0.210. The first-order chi connectivity index (χ1) is 10.8. The highest BCUT2D eigenvalue weighted by Crippen LogP contribution is 2.25. The molecule has 4 rings (SSSR count). The zero-order valence-electron chi connectivity index (χ0n) is 12.1. The van der Waals surface area contributed by atoms with Gasteiger partial charge in [-0.25, -0.2) is 14.9 Å². The molecule has 0 aliphatic carbocycles. The van der Waals surface area contributed by atoms with Crippen LogP contribution in [0, 0.1) is 0 Å². The highest BCUT2D eigenvalue weighted by Gasteiger charge is 2.30. The Bertz CT molecular complexity index is 866. The number of imidazole rings is 1. The van der Waals surface area contributed by atoms with Crippen LogP contribution in [0.5, 0.6) is 5.75 Å². The number of ether oxygens (including phenoxy) is 1. The van der Waals surface area contributed by atoms with Crippen molar-refractivity contribution in [3.05, 3.63) is 54.1 Å².